The number of hydrogen-bond donors (Lipinski definition) is 0. The van der Waals surface area contributed by atoms with E-state index in [9.17, 15) is 9.59 Å². The average Bonchev–Trinajstić information content (AvgIpc) is 2.53. The highest BCUT2D eigenvalue weighted by atomic mass is 16.7. The molecule has 1 saturated heterocycles. The summed E-state index contributed by atoms with van der Waals surface area (Å²) in [5, 5.41) is 0. The van der Waals surface area contributed by atoms with Gasteiger partial charge in [0.05, 0.1) is 12.5 Å². The summed E-state index contributed by atoms with van der Waals surface area (Å²) in [6.07, 6.45) is 0.977. The standard InChI is InChI=1S/C16H19NO4/c1-4-12-14(15(18)11-8-6-5-7-9-11)17(16(12)19)10-13(20-2)21-3/h4-9,12-14H,1,10H2,2-3H3/t12-,14-/m0/s1. The van der Waals surface area contributed by atoms with Gasteiger partial charge in [0.25, 0.3) is 0 Å². The van der Waals surface area contributed by atoms with E-state index in [1.807, 2.05) is 6.07 Å². The van der Waals surface area contributed by atoms with Crippen LogP contribution in [0.4, 0.5) is 0 Å². The Balaban J connectivity index is 2.19. The van der Waals surface area contributed by atoms with E-state index < -0.39 is 18.2 Å². The minimum absolute atomic E-state index is 0.0916. The molecule has 0 unspecified atom stereocenters. The summed E-state index contributed by atoms with van der Waals surface area (Å²) < 4.78 is 10.2. The third kappa shape index (κ3) is 2.89. The normalized spacial score (nSPS) is 21.3. The highest BCUT2D eigenvalue weighted by Gasteiger charge is 2.50. The summed E-state index contributed by atoms with van der Waals surface area (Å²) in [4.78, 5) is 26.2. The van der Waals surface area contributed by atoms with Crippen LogP contribution in [0.3, 0.4) is 0 Å². The van der Waals surface area contributed by atoms with Gasteiger partial charge in [0.15, 0.2) is 12.1 Å². The minimum atomic E-state index is -0.550. The molecule has 0 aromatic heterocycles. The number of ether oxygens (including phenoxy) is 2. The maximum Gasteiger partial charge on any atom is 0.232 e. The Labute approximate surface area is 124 Å². The lowest BCUT2D eigenvalue weighted by Crippen LogP contribution is -2.65. The van der Waals surface area contributed by atoms with Crippen molar-refractivity contribution in [2.75, 3.05) is 20.8 Å². The Morgan fingerprint density at radius 3 is 2.48 bits per heavy atom. The number of ketones is 1. The van der Waals surface area contributed by atoms with E-state index in [-0.39, 0.29) is 18.2 Å². The number of rotatable bonds is 7. The second-order valence-electron chi connectivity index (χ2n) is 4.83. The van der Waals surface area contributed by atoms with Gasteiger partial charge in [0.1, 0.15) is 6.04 Å². The fourth-order valence-electron chi connectivity index (χ4n) is 2.49. The first-order valence-electron chi connectivity index (χ1n) is 6.72. The molecule has 1 aromatic rings. The zero-order valence-corrected chi connectivity index (χ0v) is 12.2. The smallest absolute Gasteiger partial charge is 0.232 e. The molecule has 2 atom stereocenters. The predicted octanol–water partition coefficient (Wildman–Crippen LogP) is 1.50. The Hall–Kier alpha value is -1.98. The quantitative estimate of drug-likeness (QED) is 0.330. The van der Waals surface area contributed by atoms with Crippen LogP contribution in [0.2, 0.25) is 0 Å². The molecule has 0 saturated carbocycles. The van der Waals surface area contributed by atoms with Crippen molar-refractivity contribution in [2.45, 2.75) is 12.3 Å². The van der Waals surface area contributed by atoms with Crippen LogP contribution in [0.15, 0.2) is 43.0 Å². The zero-order chi connectivity index (χ0) is 15.4. The second-order valence-corrected chi connectivity index (χ2v) is 4.83. The third-order valence-electron chi connectivity index (χ3n) is 3.70. The lowest BCUT2D eigenvalue weighted by atomic mass is 9.82. The van der Waals surface area contributed by atoms with Crippen LogP contribution >= 0.6 is 0 Å². The topological polar surface area (TPSA) is 55.8 Å². The maximum atomic E-state index is 12.6. The van der Waals surface area contributed by atoms with Gasteiger partial charge < -0.3 is 14.4 Å². The third-order valence-corrected chi connectivity index (χ3v) is 3.70. The van der Waals surface area contributed by atoms with Gasteiger partial charge in [0, 0.05) is 19.8 Å². The Morgan fingerprint density at radius 1 is 1.33 bits per heavy atom. The fraction of sp³-hybridized carbons (Fsp3) is 0.375. The molecule has 0 radical (unpaired) electrons. The molecule has 1 aromatic carbocycles. The lowest BCUT2D eigenvalue weighted by molar-refractivity contribution is -0.166. The first-order valence-corrected chi connectivity index (χ1v) is 6.72. The van der Waals surface area contributed by atoms with Crippen molar-refractivity contribution in [1.29, 1.82) is 0 Å². The van der Waals surface area contributed by atoms with E-state index in [1.54, 1.807) is 24.3 Å². The molecule has 0 N–H and O–H groups in total. The molecule has 112 valence electrons. The van der Waals surface area contributed by atoms with Gasteiger partial charge in [-0.2, -0.15) is 0 Å². The molecule has 1 heterocycles. The number of β-lactam (4-membered cyclic amide) rings is 1. The summed E-state index contributed by atoms with van der Waals surface area (Å²) in [7, 11) is 2.99. The molecule has 21 heavy (non-hydrogen) atoms. The summed E-state index contributed by atoms with van der Waals surface area (Å²) in [5.41, 5.74) is 0.582. The number of amides is 1. The van der Waals surface area contributed by atoms with Crippen LogP contribution < -0.4 is 0 Å². The van der Waals surface area contributed by atoms with E-state index >= 15 is 0 Å². The summed E-state index contributed by atoms with van der Waals surface area (Å²) in [6.45, 7) is 3.87. The summed E-state index contributed by atoms with van der Waals surface area (Å²) in [5.74, 6) is -0.698. The maximum absolute atomic E-state index is 12.6. The van der Waals surface area contributed by atoms with Gasteiger partial charge in [-0.3, -0.25) is 9.59 Å². The molecule has 1 aliphatic rings. The number of carbonyl (C=O) groups excluding carboxylic acids is 2. The van der Waals surface area contributed by atoms with Crippen LogP contribution in [0.5, 0.6) is 0 Å². The SMILES string of the molecule is C=C[C@@H]1C(=O)N(CC(OC)OC)[C@@H]1C(=O)c1ccccc1. The monoisotopic (exact) mass is 289 g/mol. The van der Waals surface area contributed by atoms with Crippen molar-refractivity contribution in [3.8, 4) is 0 Å². The molecule has 5 nitrogen and oxygen atoms in total. The van der Waals surface area contributed by atoms with Gasteiger partial charge in [-0.25, -0.2) is 0 Å². The number of Topliss-reactive ketones (excluding diaryl/α,β-unsaturated/α-hetero) is 1. The summed E-state index contributed by atoms with van der Waals surface area (Å²) in [6, 6.07) is 8.39. The number of likely N-dealkylation sites (tertiary alicyclic amines) is 1. The molecule has 0 spiro atoms. The average molecular weight is 289 g/mol. The summed E-state index contributed by atoms with van der Waals surface area (Å²) >= 11 is 0. The van der Waals surface area contributed by atoms with Crippen molar-refractivity contribution in [3.05, 3.63) is 48.6 Å². The molecule has 5 heteroatoms. The first-order chi connectivity index (χ1) is 10.1. The minimum Gasteiger partial charge on any atom is -0.354 e. The van der Waals surface area contributed by atoms with Gasteiger partial charge in [0.2, 0.25) is 5.91 Å². The first kappa shape index (κ1) is 15.4. The van der Waals surface area contributed by atoms with Crippen LogP contribution in [-0.2, 0) is 14.3 Å². The molecule has 0 aliphatic carbocycles. The highest BCUT2D eigenvalue weighted by molar-refractivity contribution is 6.09. The zero-order valence-electron chi connectivity index (χ0n) is 12.2. The van der Waals surface area contributed by atoms with Crippen molar-refractivity contribution in [2.24, 2.45) is 5.92 Å². The van der Waals surface area contributed by atoms with Crippen molar-refractivity contribution in [1.82, 2.24) is 4.90 Å². The van der Waals surface area contributed by atoms with E-state index in [1.165, 1.54) is 25.2 Å². The predicted molar refractivity (Wildman–Crippen MR) is 77.8 cm³/mol. The van der Waals surface area contributed by atoms with Crippen molar-refractivity contribution in [3.63, 3.8) is 0 Å². The molecule has 1 fully saturated rings. The number of nitrogens with zero attached hydrogens (tertiary/aromatic N) is 1. The molecule has 1 amide bonds. The van der Waals surface area contributed by atoms with Gasteiger partial charge >= 0.3 is 0 Å². The number of carbonyl (C=O) groups is 2. The number of hydrogen-bond acceptors (Lipinski definition) is 4. The molecule has 2 rings (SSSR count). The van der Waals surface area contributed by atoms with Crippen LogP contribution in [0.1, 0.15) is 10.4 Å². The molecular weight excluding hydrogens is 270 g/mol. The lowest BCUT2D eigenvalue weighted by Gasteiger charge is -2.45. The van der Waals surface area contributed by atoms with E-state index in [0.717, 1.165) is 0 Å². The van der Waals surface area contributed by atoms with E-state index in [4.69, 9.17) is 9.47 Å². The van der Waals surface area contributed by atoms with E-state index in [0.29, 0.717) is 5.56 Å². The molecule has 1 aliphatic heterocycles. The van der Waals surface area contributed by atoms with Crippen LogP contribution in [0.25, 0.3) is 0 Å². The number of benzene rings is 1. The largest absolute Gasteiger partial charge is 0.354 e. The molecular formula is C16H19NO4. The van der Waals surface area contributed by atoms with Crippen LogP contribution in [0, 0.1) is 5.92 Å². The Morgan fingerprint density at radius 2 is 1.95 bits per heavy atom. The fourth-order valence-corrected chi connectivity index (χ4v) is 2.49. The van der Waals surface area contributed by atoms with Crippen LogP contribution in [-0.4, -0.2) is 49.7 Å². The van der Waals surface area contributed by atoms with Crippen molar-refractivity contribution >= 4 is 11.7 Å². The highest BCUT2D eigenvalue weighted by Crippen LogP contribution is 2.30. The van der Waals surface area contributed by atoms with Gasteiger partial charge in [-0.05, 0) is 0 Å². The number of methoxy groups -OCH3 is 2. The Kier molecular flexibility index (Phi) is 4.88. The van der Waals surface area contributed by atoms with E-state index in [2.05, 4.69) is 6.58 Å². The Bertz CT molecular complexity index is 524. The second kappa shape index (κ2) is 6.65. The van der Waals surface area contributed by atoms with Gasteiger partial charge in [-0.1, -0.05) is 36.4 Å². The van der Waals surface area contributed by atoms with Crippen molar-refractivity contribution < 1.29 is 19.1 Å². The van der Waals surface area contributed by atoms with Gasteiger partial charge in [-0.15, -0.1) is 6.58 Å². The molecule has 0 bridgehead atoms.